The van der Waals surface area contributed by atoms with E-state index in [-0.39, 0.29) is 5.91 Å². The van der Waals surface area contributed by atoms with Crippen LogP contribution in [-0.2, 0) is 4.79 Å². The van der Waals surface area contributed by atoms with Gasteiger partial charge in [0.25, 0.3) is 0 Å². The van der Waals surface area contributed by atoms with E-state index in [0.717, 1.165) is 35.0 Å². The van der Waals surface area contributed by atoms with E-state index in [1.54, 1.807) is 0 Å². The molecule has 3 N–H and O–H groups in total. The SMILES string of the molecule is Cc1cc(C)c(NC(=O)C2(N)CCC2)c(Br)c1. The maximum atomic E-state index is 12.0. The maximum absolute atomic E-state index is 12.0. The summed E-state index contributed by atoms with van der Waals surface area (Å²) in [6.07, 6.45) is 2.60. The fraction of sp³-hybridized carbons (Fsp3) is 0.462. The predicted octanol–water partition coefficient (Wildman–Crippen LogP) is 2.89. The number of carbonyl (C=O) groups is 1. The van der Waals surface area contributed by atoms with Gasteiger partial charge in [-0.2, -0.15) is 0 Å². The van der Waals surface area contributed by atoms with Crippen LogP contribution < -0.4 is 11.1 Å². The van der Waals surface area contributed by atoms with Gasteiger partial charge in [0.2, 0.25) is 5.91 Å². The number of aryl methyl sites for hydroxylation is 2. The van der Waals surface area contributed by atoms with Crippen LogP contribution in [0, 0.1) is 13.8 Å². The van der Waals surface area contributed by atoms with Gasteiger partial charge in [0, 0.05) is 4.47 Å². The Hall–Kier alpha value is -0.870. The third kappa shape index (κ3) is 2.38. The van der Waals surface area contributed by atoms with Gasteiger partial charge in [-0.25, -0.2) is 0 Å². The number of hydrogen-bond acceptors (Lipinski definition) is 2. The van der Waals surface area contributed by atoms with Crippen molar-refractivity contribution in [1.29, 1.82) is 0 Å². The highest BCUT2D eigenvalue weighted by Crippen LogP contribution is 2.33. The predicted molar refractivity (Wildman–Crippen MR) is 73.0 cm³/mol. The highest BCUT2D eigenvalue weighted by atomic mass is 79.9. The average molecular weight is 297 g/mol. The van der Waals surface area contributed by atoms with Crippen LogP contribution in [0.25, 0.3) is 0 Å². The Balaban J connectivity index is 2.21. The Labute approximate surface area is 110 Å². The second-order valence-corrected chi connectivity index (χ2v) is 5.76. The molecule has 1 aliphatic rings. The third-order valence-corrected chi connectivity index (χ3v) is 3.99. The van der Waals surface area contributed by atoms with Crippen LogP contribution in [-0.4, -0.2) is 11.4 Å². The van der Waals surface area contributed by atoms with E-state index >= 15 is 0 Å². The van der Waals surface area contributed by atoms with Gasteiger partial charge in [0.1, 0.15) is 0 Å². The number of amides is 1. The first-order chi connectivity index (χ1) is 7.92. The Morgan fingerprint density at radius 1 is 1.41 bits per heavy atom. The monoisotopic (exact) mass is 296 g/mol. The van der Waals surface area contributed by atoms with Crippen molar-refractivity contribution in [3.05, 3.63) is 27.7 Å². The molecular formula is C13H17BrN2O. The molecule has 17 heavy (non-hydrogen) atoms. The number of benzene rings is 1. The van der Waals surface area contributed by atoms with Gasteiger partial charge in [-0.3, -0.25) is 4.79 Å². The summed E-state index contributed by atoms with van der Waals surface area (Å²) in [4.78, 5) is 12.0. The number of nitrogens with two attached hydrogens (primary N) is 1. The van der Waals surface area contributed by atoms with Gasteiger partial charge >= 0.3 is 0 Å². The zero-order valence-electron chi connectivity index (χ0n) is 10.1. The molecule has 1 aliphatic carbocycles. The highest BCUT2D eigenvalue weighted by Gasteiger charge is 2.40. The van der Waals surface area contributed by atoms with Gasteiger partial charge in [-0.1, -0.05) is 6.07 Å². The molecule has 92 valence electrons. The Kier molecular flexibility index (Phi) is 3.27. The minimum Gasteiger partial charge on any atom is -0.323 e. The zero-order chi connectivity index (χ0) is 12.6. The van der Waals surface area contributed by atoms with Gasteiger partial charge in [0.15, 0.2) is 0 Å². The second kappa shape index (κ2) is 4.42. The molecule has 2 rings (SSSR count). The molecule has 0 atom stereocenters. The molecule has 1 aromatic rings. The molecule has 1 aromatic carbocycles. The standard InChI is InChI=1S/C13H17BrN2O/c1-8-6-9(2)11(10(14)7-8)16-12(17)13(15)4-3-5-13/h6-7H,3-5,15H2,1-2H3,(H,16,17). The van der Waals surface area contributed by atoms with Crippen molar-refractivity contribution in [2.75, 3.05) is 5.32 Å². The Bertz CT molecular complexity index is 443. The molecule has 0 heterocycles. The van der Waals surface area contributed by atoms with Crippen molar-refractivity contribution in [1.82, 2.24) is 0 Å². The van der Waals surface area contributed by atoms with E-state index in [1.165, 1.54) is 5.56 Å². The fourth-order valence-electron chi connectivity index (χ4n) is 2.10. The summed E-state index contributed by atoms with van der Waals surface area (Å²) < 4.78 is 0.909. The lowest BCUT2D eigenvalue weighted by molar-refractivity contribution is -0.123. The summed E-state index contributed by atoms with van der Waals surface area (Å²) in [7, 11) is 0. The van der Waals surface area contributed by atoms with Gasteiger partial charge < -0.3 is 11.1 Å². The van der Waals surface area contributed by atoms with Gasteiger partial charge in [0.05, 0.1) is 11.2 Å². The van der Waals surface area contributed by atoms with Crippen LogP contribution >= 0.6 is 15.9 Å². The number of halogens is 1. The van der Waals surface area contributed by atoms with Crippen molar-refractivity contribution in [2.24, 2.45) is 5.73 Å². The highest BCUT2D eigenvalue weighted by molar-refractivity contribution is 9.10. The first-order valence-electron chi connectivity index (χ1n) is 5.79. The maximum Gasteiger partial charge on any atom is 0.244 e. The fourth-order valence-corrected chi connectivity index (χ4v) is 2.87. The third-order valence-electron chi connectivity index (χ3n) is 3.37. The van der Waals surface area contributed by atoms with Gasteiger partial charge in [-0.05, 0) is 66.2 Å². The number of carbonyl (C=O) groups excluding carboxylic acids is 1. The van der Waals surface area contributed by atoms with Crippen LogP contribution in [0.4, 0.5) is 5.69 Å². The van der Waals surface area contributed by atoms with Crippen molar-refractivity contribution < 1.29 is 4.79 Å². The molecular weight excluding hydrogens is 280 g/mol. The molecule has 0 unspecified atom stereocenters. The molecule has 0 aliphatic heterocycles. The summed E-state index contributed by atoms with van der Waals surface area (Å²) in [5, 5.41) is 2.94. The summed E-state index contributed by atoms with van der Waals surface area (Å²) in [6, 6.07) is 4.04. The van der Waals surface area contributed by atoms with E-state index < -0.39 is 5.54 Å². The van der Waals surface area contributed by atoms with Crippen LogP contribution in [0.2, 0.25) is 0 Å². The number of anilines is 1. The minimum atomic E-state index is -0.656. The normalized spacial score (nSPS) is 17.4. The number of hydrogen-bond donors (Lipinski definition) is 2. The molecule has 1 saturated carbocycles. The van der Waals surface area contributed by atoms with E-state index in [9.17, 15) is 4.79 Å². The lowest BCUT2D eigenvalue weighted by Gasteiger charge is -2.36. The van der Waals surface area contributed by atoms with Gasteiger partial charge in [-0.15, -0.1) is 0 Å². The van der Waals surface area contributed by atoms with Crippen LogP contribution in [0.15, 0.2) is 16.6 Å². The van der Waals surface area contributed by atoms with E-state index in [2.05, 4.69) is 21.2 Å². The molecule has 0 spiro atoms. The summed E-state index contributed by atoms with van der Waals surface area (Å²) in [5.41, 5.74) is 8.39. The molecule has 0 aromatic heterocycles. The quantitative estimate of drug-likeness (QED) is 0.882. The minimum absolute atomic E-state index is 0.0728. The summed E-state index contributed by atoms with van der Waals surface area (Å²) in [6.45, 7) is 4.01. The van der Waals surface area contributed by atoms with E-state index in [1.807, 2.05) is 26.0 Å². The lowest BCUT2D eigenvalue weighted by Crippen LogP contribution is -2.56. The Morgan fingerprint density at radius 2 is 2.06 bits per heavy atom. The first-order valence-corrected chi connectivity index (χ1v) is 6.59. The van der Waals surface area contributed by atoms with Crippen molar-refractivity contribution in [3.8, 4) is 0 Å². The molecule has 1 fully saturated rings. The Morgan fingerprint density at radius 3 is 2.53 bits per heavy atom. The van der Waals surface area contributed by atoms with Crippen molar-refractivity contribution >= 4 is 27.5 Å². The summed E-state index contributed by atoms with van der Waals surface area (Å²) in [5.74, 6) is -0.0728. The van der Waals surface area contributed by atoms with Crippen molar-refractivity contribution in [3.63, 3.8) is 0 Å². The molecule has 0 saturated heterocycles. The second-order valence-electron chi connectivity index (χ2n) is 4.90. The molecule has 0 radical (unpaired) electrons. The molecule has 4 heteroatoms. The lowest BCUT2D eigenvalue weighted by atomic mass is 9.77. The van der Waals surface area contributed by atoms with E-state index in [4.69, 9.17) is 5.73 Å². The summed E-state index contributed by atoms with van der Waals surface area (Å²) >= 11 is 3.48. The molecule has 3 nitrogen and oxygen atoms in total. The van der Waals surface area contributed by atoms with E-state index in [0.29, 0.717) is 0 Å². The smallest absolute Gasteiger partial charge is 0.244 e. The molecule has 1 amide bonds. The topological polar surface area (TPSA) is 55.1 Å². The van der Waals surface area contributed by atoms with Crippen LogP contribution in [0.1, 0.15) is 30.4 Å². The first kappa shape index (κ1) is 12.6. The van der Waals surface area contributed by atoms with Crippen molar-refractivity contribution in [2.45, 2.75) is 38.6 Å². The van der Waals surface area contributed by atoms with Crippen LogP contribution in [0.3, 0.4) is 0 Å². The largest absolute Gasteiger partial charge is 0.323 e. The molecule has 0 bridgehead atoms. The zero-order valence-corrected chi connectivity index (χ0v) is 11.7. The number of nitrogens with one attached hydrogen (secondary N) is 1. The number of rotatable bonds is 2. The average Bonchev–Trinajstić information content (AvgIpc) is 2.19. The van der Waals surface area contributed by atoms with Crippen LogP contribution in [0.5, 0.6) is 0 Å².